The molecule has 0 spiro atoms. The SMILES string of the molecule is CCOC(=O)COc1ccc(-c2nc3ccc(F)cc3[nH]2)cc1. The number of rotatable bonds is 5. The van der Waals surface area contributed by atoms with Gasteiger partial charge in [0.25, 0.3) is 0 Å². The van der Waals surface area contributed by atoms with Gasteiger partial charge in [-0.25, -0.2) is 14.2 Å². The number of aromatic nitrogens is 2. The molecule has 118 valence electrons. The first kappa shape index (κ1) is 15.0. The number of carbonyl (C=O) groups excluding carboxylic acids is 1. The zero-order valence-corrected chi connectivity index (χ0v) is 12.5. The third kappa shape index (κ3) is 3.48. The molecule has 1 aromatic heterocycles. The summed E-state index contributed by atoms with van der Waals surface area (Å²) in [7, 11) is 0. The highest BCUT2D eigenvalue weighted by Crippen LogP contribution is 2.23. The second-order valence-electron chi connectivity index (χ2n) is 4.86. The number of imidazole rings is 1. The lowest BCUT2D eigenvalue weighted by Crippen LogP contribution is -2.14. The number of nitrogens with zero attached hydrogens (tertiary/aromatic N) is 1. The molecule has 0 unspecified atom stereocenters. The second-order valence-corrected chi connectivity index (χ2v) is 4.86. The van der Waals surface area contributed by atoms with Gasteiger partial charge in [0.1, 0.15) is 17.4 Å². The van der Waals surface area contributed by atoms with Gasteiger partial charge in [0.05, 0.1) is 17.6 Å². The van der Waals surface area contributed by atoms with Crippen molar-refractivity contribution in [1.29, 1.82) is 0 Å². The summed E-state index contributed by atoms with van der Waals surface area (Å²) in [6.45, 7) is 1.94. The normalized spacial score (nSPS) is 10.7. The van der Waals surface area contributed by atoms with Gasteiger partial charge in [-0.1, -0.05) is 0 Å². The van der Waals surface area contributed by atoms with Gasteiger partial charge < -0.3 is 14.5 Å². The molecule has 0 radical (unpaired) electrons. The Kier molecular flexibility index (Phi) is 4.23. The van der Waals surface area contributed by atoms with Gasteiger partial charge in [0.2, 0.25) is 0 Å². The first-order valence-electron chi connectivity index (χ1n) is 7.20. The van der Waals surface area contributed by atoms with E-state index in [2.05, 4.69) is 9.97 Å². The fourth-order valence-electron chi connectivity index (χ4n) is 2.17. The Morgan fingerprint density at radius 2 is 2.00 bits per heavy atom. The number of aromatic amines is 1. The van der Waals surface area contributed by atoms with Crippen molar-refractivity contribution in [1.82, 2.24) is 9.97 Å². The smallest absolute Gasteiger partial charge is 0.344 e. The van der Waals surface area contributed by atoms with E-state index in [1.54, 1.807) is 25.1 Å². The summed E-state index contributed by atoms with van der Waals surface area (Å²) < 4.78 is 23.3. The molecule has 23 heavy (non-hydrogen) atoms. The maximum Gasteiger partial charge on any atom is 0.344 e. The number of H-pyrrole nitrogens is 1. The van der Waals surface area contributed by atoms with Crippen LogP contribution in [0.5, 0.6) is 5.75 Å². The summed E-state index contributed by atoms with van der Waals surface area (Å²) >= 11 is 0. The highest BCUT2D eigenvalue weighted by molar-refractivity contribution is 5.79. The van der Waals surface area contributed by atoms with Crippen LogP contribution in [0.1, 0.15) is 6.92 Å². The van der Waals surface area contributed by atoms with E-state index in [0.717, 1.165) is 5.56 Å². The maximum absolute atomic E-state index is 13.2. The van der Waals surface area contributed by atoms with Crippen LogP contribution in [0.25, 0.3) is 22.4 Å². The fourth-order valence-corrected chi connectivity index (χ4v) is 2.17. The molecule has 0 aliphatic rings. The minimum Gasteiger partial charge on any atom is -0.482 e. The summed E-state index contributed by atoms with van der Waals surface area (Å²) in [5.41, 5.74) is 2.18. The number of hydrogen-bond acceptors (Lipinski definition) is 4. The molecule has 1 N–H and O–H groups in total. The van der Waals surface area contributed by atoms with Crippen LogP contribution in [0.3, 0.4) is 0 Å². The van der Waals surface area contributed by atoms with E-state index in [1.165, 1.54) is 12.1 Å². The first-order chi connectivity index (χ1) is 11.2. The lowest BCUT2D eigenvalue weighted by atomic mass is 10.2. The topological polar surface area (TPSA) is 64.2 Å². The lowest BCUT2D eigenvalue weighted by Gasteiger charge is -2.06. The number of ether oxygens (including phenoxy) is 2. The quantitative estimate of drug-likeness (QED) is 0.734. The van der Waals surface area contributed by atoms with Crippen LogP contribution in [0.15, 0.2) is 42.5 Å². The lowest BCUT2D eigenvalue weighted by molar-refractivity contribution is -0.145. The molecule has 1 heterocycles. The number of nitrogens with one attached hydrogen (secondary N) is 1. The van der Waals surface area contributed by atoms with Gasteiger partial charge in [0.15, 0.2) is 6.61 Å². The molecule has 3 rings (SSSR count). The van der Waals surface area contributed by atoms with Crippen LogP contribution in [0.4, 0.5) is 4.39 Å². The van der Waals surface area contributed by atoms with Crippen molar-refractivity contribution in [3.63, 3.8) is 0 Å². The van der Waals surface area contributed by atoms with E-state index in [9.17, 15) is 9.18 Å². The van der Waals surface area contributed by atoms with Gasteiger partial charge in [0, 0.05) is 5.56 Å². The summed E-state index contributed by atoms with van der Waals surface area (Å²) in [4.78, 5) is 18.7. The molecule has 0 amide bonds. The van der Waals surface area contributed by atoms with Gasteiger partial charge in [-0.3, -0.25) is 0 Å². The van der Waals surface area contributed by atoms with E-state index < -0.39 is 5.97 Å². The number of fused-ring (bicyclic) bond motifs is 1. The molecule has 0 bridgehead atoms. The van der Waals surface area contributed by atoms with Crippen molar-refractivity contribution in [2.45, 2.75) is 6.92 Å². The van der Waals surface area contributed by atoms with Crippen LogP contribution in [0.2, 0.25) is 0 Å². The largest absolute Gasteiger partial charge is 0.482 e. The molecule has 0 aliphatic heterocycles. The van der Waals surface area contributed by atoms with Gasteiger partial charge in [-0.05, 0) is 49.4 Å². The van der Waals surface area contributed by atoms with Crippen molar-refractivity contribution in [3.05, 3.63) is 48.3 Å². The van der Waals surface area contributed by atoms with Crippen LogP contribution >= 0.6 is 0 Å². The predicted molar refractivity (Wildman–Crippen MR) is 83.6 cm³/mol. The number of carbonyl (C=O) groups is 1. The molecular formula is C17H15FN2O3. The monoisotopic (exact) mass is 314 g/mol. The average Bonchev–Trinajstić information content (AvgIpc) is 2.97. The van der Waals surface area contributed by atoms with Crippen molar-refractivity contribution >= 4 is 17.0 Å². The summed E-state index contributed by atoms with van der Waals surface area (Å²) in [6.07, 6.45) is 0. The molecule has 5 nitrogen and oxygen atoms in total. The molecule has 6 heteroatoms. The van der Waals surface area contributed by atoms with E-state index in [-0.39, 0.29) is 12.4 Å². The highest BCUT2D eigenvalue weighted by atomic mass is 19.1. The highest BCUT2D eigenvalue weighted by Gasteiger charge is 2.07. The maximum atomic E-state index is 13.2. The summed E-state index contributed by atoms with van der Waals surface area (Å²) in [6, 6.07) is 11.5. The Balaban J connectivity index is 1.74. The standard InChI is InChI=1S/C17H15FN2O3/c1-2-22-16(21)10-23-13-6-3-11(4-7-13)17-19-14-8-5-12(18)9-15(14)20-17/h3-9H,2,10H2,1H3,(H,19,20). The Hall–Kier alpha value is -2.89. The van der Waals surface area contributed by atoms with Crippen molar-refractivity contribution in [2.75, 3.05) is 13.2 Å². The van der Waals surface area contributed by atoms with Crippen LogP contribution in [0, 0.1) is 5.82 Å². The Morgan fingerprint density at radius 1 is 1.22 bits per heavy atom. The molecule has 0 aliphatic carbocycles. The Morgan fingerprint density at radius 3 is 2.74 bits per heavy atom. The van der Waals surface area contributed by atoms with E-state index in [0.29, 0.717) is 29.2 Å². The van der Waals surface area contributed by atoms with E-state index >= 15 is 0 Å². The van der Waals surface area contributed by atoms with Crippen molar-refractivity contribution in [2.24, 2.45) is 0 Å². The third-order valence-electron chi connectivity index (χ3n) is 3.23. The van der Waals surface area contributed by atoms with Crippen LogP contribution < -0.4 is 4.74 Å². The molecular weight excluding hydrogens is 299 g/mol. The van der Waals surface area contributed by atoms with Gasteiger partial charge in [-0.2, -0.15) is 0 Å². The minimum absolute atomic E-state index is 0.128. The number of hydrogen-bond donors (Lipinski definition) is 1. The average molecular weight is 314 g/mol. The van der Waals surface area contributed by atoms with E-state index in [4.69, 9.17) is 9.47 Å². The predicted octanol–water partition coefficient (Wildman–Crippen LogP) is 3.31. The van der Waals surface area contributed by atoms with Gasteiger partial charge in [-0.15, -0.1) is 0 Å². The van der Waals surface area contributed by atoms with E-state index in [1.807, 2.05) is 12.1 Å². The number of benzene rings is 2. The zero-order chi connectivity index (χ0) is 16.2. The summed E-state index contributed by atoms with van der Waals surface area (Å²) in [5.74, 6) is 0.484. The molecule has 3 aromatic rings. The van der Waals surface area contributed by atoms with Gasteiger partial charge >= 0.3 is 5.97 Å². The Labute approximate surface area is 132 Å². The minimum atomic E-state index is -0.407. The molecule has 0 atom stereocenters. The molecule has 0 fully saturated rings. The number of halogens is 1. The third-order valence-corrected chi connectivity index (χ3v) is 3.23. The second kappa shape index (κ2) is 6.48. The zero-order valence-electron chi connectivity index (χ0n) is 12.5. The first-order valence-corrected chi connectivity index (χ1v) is 7.20. The number of esters is 1. The molecule has 0 saturated carbocycles. The fraction of sp³-hybridized carbons (Fsp3) is 0.176. The van der Waals surface area contributed by atoms with Crippen LogP contribution in [-0.4, -0.2) is 29.2 Å². The van der Waals surface area contributed by atoms with Crippen molar-refractivity contribution < 1.29 is 18.7 Å². The molecule has 2 aromatic carbocycles. The Bertz CT molecular complexity index is 827. The van der Waals surface area contributed by atoms with Crippen molar-refractivity contribution in [3.8, 4) is 17.1 Å². The molecule has 0 saturated heterocycles. The summed E-state index contributed by atoms with van der Waals surface area (Å²) in [5, 5.41) is 0. The van der Waals surface area contributed by atoms with Crippen LogP contribution in [-0.2, 0) is 9.53 Å².